The van der Waals surface area contributed by atoms with Crippen LogP contribution in [0.25, 0.3) is 22.3 Å². The Hall–Kier alpha value is -2.90. The number of alkyl halides is 1. The highest BCUT2D eigenvalue weighted by molar-refractivity contribution is 8.06. The van der Waals surface area contributed by atoms with Gasteiger partial charge >= 0.3 is 15.0 Å². The molecule has 44 heavy (non-hydrogen) atoms. The number of hydrogen-bond donors (Lipinski definition) is 4. The molecule has 4 aromatic heterocycles. The molecule has 0 radical (unpaired) electrons. The Morgan fingerprint density at radius 3 is 2.25 bits per heavy atom. The number of fused-ring (bicyclic) bond motifs is 2. The third-order valence-electron chi connectivity index (χ3n) is 7.32. The summed E-state index contributed by atoms with van der Waals surface area (Å²) in [5.41, 5.74) is 13.1. The summed E-state index contributed by atoms with van der Waals surface area (Å²) >= 11 is 4.57. The van der Waals surface area contributed by atoms with Gasteiger partial charge in [-0.25, -0.2) is 34.3 Å². The zero-order valence-corrected chi connectivity index (χ0v) is 25.7. The largest absolute Gasteiger partial charge is 0.697 e. The fourth-order valence-corrected chi connectivity index (χ4v) is 7.14. The van der Waals surface area contributed by atoms with Crippen LogP contribution in [0.15, 0.2) is 25.3 Å². The minimum absolute atomic E-state index is 0.000570. The summed E-state index contributed by atoms with van der Waals surface area (Å²) in [7, 11) is -2.92. The van der Waals surface area contributed by atoms with Crippen LogP contribution in [-0.2, 0) is 39.4 Å². The van der Waals surface area contributed by atoms with Crippen molar-refractivity contribution in [1.29, 1.82) is 0 Å². The normalized spacial score (nSPS) is 28.7. The molecule has 236 valence electrons. The van der Waals surface area contributed by atoms with Crippen LogP contribution in [0.5, 0.6) is 0 Å². The first-order valence-electron chi connectivity index (χ1n) is 13.2. The highest BCUT2D eigenvalue weighted by Crippen LogP contribution is 2.46. The van der Waals surface area contributed by atoms with Crippen LogP contribution in [0.2, 0.25) is 0 Å². The van der Waals surface area contributed by atoms with Gasteiger partial charge in [-0.1, -0.05) is 6.92 Å². The summed E-state index contributed by atoms with van der Waals surface area (Å²) in [6, 6.07) is 0. The molecule has 0 aliphatic carbocycles. The lowest BCUT2D eigenvalue weighted by atomic mass is 10.1. The summed E-state index contributed by atoms with van der Waals surface area (Å²) in [6.45, 7) is -0.966. The van der Waals surface area contributed by atoms with Gasteiger partial charge in [0.15, 0.2) is 41.4 Å². The molecule has 6 N–H and O–H groups in total. The maximum atomic E-state index is 16.0. The van der Waals surface area contributed by atoms with Gasteiger partial charge in [-0.3, -0.25) is 9.13 Å². The molecule has 2 aliphatic heterocycles. The van der Waals surface area contributed by atoms with Crippen LogP contribution in [-0.4, -0.2) is 86.0 Å². The Kier molecular flexibility index (Phi) is 8.57. The number of aromatic nitrogens is 8. The molecule has 6 rings (SSSR count). The first-order valence-corrected chi connectivity index (χ1v) is 16.9. The minimum atomic E-state index is -4.18. The number of imidazole rings is 2. The van der Waals surface area contributed by atoms with Crippen molar-refractivity contribution >= 4 is 60.7 Å². The van der Waals surface area contributed by atoms with Crippen LogP contribution in [0.1, 0.15) is 32.7 Å². The molecule has 0 spiro atoms. The molecule has 0 saturated carbocycles. The predicted molar refractivity (Wildman–Crippen MR) is 154 cm³/mol. The average molecular weight is 674 g/mol. The molecule has 2 unspecified atom stereocenters. The summed E-state index contributed by atoms with van der Waals surface area (Å²) in [5, 5.41) is 0. The van der Waals surface area contributed by atoms with Gasteiger partial charge in [0.05, 0.1) is 24.9 Å². The summed E-state index contributed by atoms with van der Waals surface area (Å²) in [6.07, 6.45) is -2.45. The van der Waals surface area contributed by atoms with E-state index in [0.717, 1.165) is 0 Å². The monoisotopic (exact) mass is 673 g/mol. The molecular weight excluding hydrogens is 645 g/mol. The second kappa shape index (κ2) is 12.1. The van der Waals surface area contributed by atoms with Crippen molar-refractivity contribution < 1.29 is 41.8 Å². The summed E-state index contributed by atoms with van der Waals surface area (Å²) < 4.78 is 60.1. The van der Waals surface area contributed by atoms with Crippen molar-refractivity contribution in [3.05, 3.63) is 25.3 Å². The molecule has 6 heterocycles. The molecule has 4 aromatic rings. The third-order valence-corrected chi connectivity index (χ3v) is 8.96. The zero-order chi connectivity index (χ0) is 31.3. The van der Waals surface area contributed by atoms with E-state index in [1.807, 2.05) is 6.92 Å². The van der Waals surface area contributed by atoms with E-state index in [2.05, 4.69) is 41.7 Å². The van der Waals surface area contributed by atoms with Crippen LogP contribution in [0, 0.1) is 5.92 Å². The van der Waals surface area contributed by atoms with Crippen LogP contribution in [0.3, 0.4) is 0 Å². The van der Waals surface area contributed by atoms with Crippen LogP contribution >= 0.6 is 15.0 Å². The first-order chi connectivity index (χ1) is 20.9. The van der Waals surface area contributed by atoms with Crippen molar-refractivity contribution in [2.24, 2.45) is 5.92 Å². The number of anilines is 2. The van der Waals surface area contributed by atoms with E-state index >= 15 is 4.39 Å². The van der Waals surface area contributed by atoms with E-state index < -0.39 is 58.0 Å². The number of halogens is 1. The Bertz CT molecular complexity index is 1740. The smallest absolute Gasteiger partial charge is 0.382 e. The summed E-state index contributed by atoms with van der Waals surface area (Å²) in [5.74, 6) is 0.317. The highest BCUT2D eigenvalue weighted by atomic mass is 32.5. The molecule has 0 bridgehead atoms. The van der Waals surface area contributed by atoms with Gasteiger partial charge in [0, 0.05) is 10.5 Å². The van der Waals surface area contributed by atoms with Gasteiger partial charge in [-0.05, 0) is 25.2 Å². The number of nitrogens with zero attached hydrogens (tertiary/aromatic N) is 8. The first kappa shape index (κ1) is 31.1. The molecule has 18 nitrogen and oxygen atoms in total. The quantitative estimate of drug-likeness (QED) is 0.175. The number of rotatable bonds is 10. The molecule has 9 atom stereocenters. The number of ether oxygens (including phenoxy) is 2. The molecule has 22 heteroatoms. The molecule has 0 amide bonds. The van der Waals surface area contributed by atoms with E-state index in [1.54, 1.807) is 10.9 Å². The summed E-state index contributed by atoms with van der Waals surface area (Å²) in [4.78, 5) is 44.0. The molecule has 2 aliphatic rings. The Balaban J connectivity index is 1.14. The minimum Gasteiger partial charge on any atom is -0.382 e. The van der Waals surface area contributed by atoms with E-state index in [0.29, 0.717) is 17.6 Å². The maximum Gasteiger partial charge on any atom is 0.697 e. The molecular formula is C22H28FN10O8P2S+. The van der Waals surface area contributed by atoms with Crippen molar-refractivity contribution in [3.63, 3.8) is 0 Å². The van der Waals surface area contributed by atoms with Gasteiger partial charge < -0.3 is 35.3 Å². The molecule has 2 fully saturated rings. The standard InChI is InChI=1S/C22H27FN10O8P2S/c1-9-3-11(38-21(9)32-7-30-13-17(24)26-5-28-19(13)32)4-37-42(34)40-16-12(23)22(39-15(16)10(2)41-43(35,36)44)33-8-31-14-18(25)27-6-29-20(14)33/h5-12,15-16,21-22H,3-4H2,1-2H3,(H5-,24,25,26,27,28,29,35,36,44)/p+1/t9-,10-,11?,12-,15-,16+,21-,22-/m1/s1. The average Bonchev–Trinajstić information content (AvgIpc) is 3.72. The fourth-order valence-electron chi connectivity index (χ4n) is 5.40. The Labute approximate surface area is 254 Å². The second-order valence-corrected chi connectivity index (χ2v) is 13.9. The van der Waals surface area contributed by atoms with Gasteiger partial charge in [-0.15, -0.1) is 9.05 Å². The molecule has 0 aromatic carbocycles. The van der Waals surface area contributed by atoms with Crippen molar-refractivity contribution in [2.45, 2.75) is 63.3 Å². The van der Waals surface area contributed by atoms with E-state index in [-0.39, 0.29) is 35.3 Å². The topological polar surface area (TPSA) is 243 Å². The molecule has 2 saturated heterocycles. The fraction of sp³-hybridized carbons (Fsp3) is 0.545. The second-order valence-electron chi connectivity index (χ2n) is 10.4. The van der Waals surface area contributed by atoms with Crippen LogP contribution in [0.4, 0.5) is 16.0 Å². The van der Waals surface area contributed by atoms with Crippen molar-refractivity contribution in [1.82, 2.24) is 39.0 Å². The lowest BCUT2D eigenvalue weighted by Gasteiger charge is -2.23. The van der Waals surface area contributed by atoms with Crippen molar-refractivity contribution in [3.8, 4) is 0 Å². The van der Waals surface area contributed by atoms with Gasteiger partial charge in [-0.2, -0.15) is 0 Å². The van der Waals surface area contributed by atoms with E-state index in [9.17, 15) is 14.4 Å². The SMILES string of the molecule is C[C@@H]1CC(CO[P+](=O)O[C@H]2[C@@H](F)[C@H](n3cnc4c(N)ncnc43)O[C@@H]2[C@@H](C)OP(O)(O)=S)O[C@H]1n1cnc2c(N)ncnc21. The van der Waals surface area contributed by atoms with E-state index in [1.165, 1.54) is 30.5 Å². The number of hydrogen-bond acceptors (Lipinski definition) is 15. The third kappa shape index (κ3) is 6.02. The Morgan fingerprint density at radius 2 is 1.66 bits per heavy atom. The van der Waals surface area contributed by atoms with Gasteiger partial charge in [0.25, 0.3) is 0 Å². The number of nitrogen functional groups attached to an aromatic ring is 2. The van der Waals surface area contributed by atoms with Gasteiger partial charge in [0.1, 0.15) is 42.6 Å². The van der Waals surface area contributed by atoms with Crippen molar-refractivity contribution in [2.75, 3.05) is 18.1 Å². The maximum absolute atomic E-state index is 16.0. The predicted octanol–water partition coefficient (Wildman–Crippen LogP) is 1.66. The van der Waals surface area contributed by atoms with Gasteiger partial charge in [0.2, 0.25) is 0 Å². The highest BCUT2D eigenvalue weighted by Gasteiger charge is 2.55. The number of nitrogens with two attached hydrogens (primary N) is 2. The van der Waals surface area contributed by atoms with Crippen LogP contribution < -0.4 is 11.5 Å². The zero-order valence-electron chi connectivity index (χ0n) is 23.1. The van der Waals surface area contributed by atoms with E-state index in [4.69, 9.17) is 34.5 Å². The lowest BCUT2D eigenvalue weighted by Crippen LogP contribution is -2.38. The lowest BCUT2D eigenvalue weighted by molar-refractivity contribution is -0.0691. The Morgan fingerprint density at radius 1 is 1.07 bits per heavy atom.